The zero-order valence-electron chi connectivity index (χ0n) is 4.64. The first kappa shape index (κ1) is 11.1. The first-order chi connectivity index (χ1) is 3.63. The van der Waals surface area contributed by atoms with Crippen LogP contribution in [0.2, 0.25) is 0 Å². The molecule has 0 spiro atoms. The van der Waals surface area contributed by atoms with Gasteiger partial charge in [0.1, 0.15) is 0 Å². The Kier molecular flexibility index (Phi) is 6.64. The van der Waals surface area contributed by atoms with Gasteiger partial charge in [-0.3, -0.25) is 4.79 Å². The molecular weight excluding hydrogens is 171 g/mol. The minimum absolute atomic E-state index is 0. The summed E-state index contributed by atoms with van der Waals surface area (Å²) in [5.74, 6) is -0.608. The Morgan fingerprint density at radius 3 is 2.11 bits per heavy atom. The summed E-state index contributed by atoms with van der Waals surface area (Å²) >= 11 is 0. The van der Waals surface area contributed by atoms with Gasteiger partial charge in [-0.25, -0.2) is 4.79 Å². The van der Waals surface area contributed by atoms with Crippen LogP contribution in [0.1, 0.15) is 6.92 Å². The van der Waals surface area contributed by atoms with Crippen molar-refractivity contribution in [2.75, 3.05) is 0 Å². The Morgan fingerprint density at radius 2 is 2.00 bits per heavy atom. The second-order valence-corrected chi connectivity index (χ2v) is 1.06. The van der Waals surface area contributed by atoms with Gasteiger partial charge < -0.3 is 10.6 Å². The minimum atomic E-state index is -0.889. The molecule has 0 aromatic rings. The molecule has 0 aliphatic rings. The van der Waals surface area contributed by atoms with Gasteiger partial charge in [0.05, 0.1) is 0 Å². The maximum Gasteiger partial charge on any atom is 0.345 e. The van der Waals surface area contributed by atoms with Gasteiger partial charge in [0.25, 0.3) is 0 Å². The maximum absolute atomic E-state index is 9.86. The van der Waals surface area contributed by atoms with Crippen molar-refractivity contribution in [1.82, 2.24) is 5.48 Å². The summed E-state index contributed by atoms with van der Waals surface area (Å²) in [4.78, 5) is 23.5. The van der Waals surface area contributed by atoms with Crippen LogP contribution in [0.15, 0.2) is 0 Å². The topological polar surface area (TPSA) is 81.4 Å². The average Bonchev–Trinajstić information content (AvgIpc) is 1.61. The van der Waals surface area contributed by atoms with E-state index in [1.165, 1.54) is 0 Å². The number of amides is 2. The fourth-order valence-corrected chi connectivity index (χ4v) is 0.122. The van der Waals surface area contributed by atoms with Gasteiger partial charge in [-0.2, -0.15) is 5.48 Å². The van der Waals surface area contributed by atoms with Gasteiger partial charge in [-0.15, -0.1) is 0 Å². The molecule has 0 heterocycles. The molecular formula is C3H6CoN2O3. The first-order valence-electron chi connectivity index (χ1n) is 1.86. The summed E-state index contributed by atoms with van der Waals surface area (Å²) < 4.78 is 0. The van der Waals surface area contributed by atoms with E-state index in [1.54, 1.807) is 5.48 Å². The normalized spacial score (nSPS) is 6.78. The summed E-state index contributed by atoms with van der Waals surface area (Å²) in [6.45, 7) is 1.15. The standard InChI is InChI=1S/C3H6N2O3.Co/c1-2(6)8-5-3(4)7;/h1H3,(H3,4,5,7);. The van der Waals surface area contributed by atoms with Crippen molar-refractivity contribution in [3.8, 4) is 0 Å². The third kappa shape index (κ3) is 11.1. The third-order valence-electron chi connectivity index (χ3n) is 0.295. The van der Waals surface area contributed by atoms with E-state index in [-0.39, 0.29) is 16.8 Å². The SMILES string of the molecule is CC(=O)ONC(N)=O.[Co]. The van der Waals surface area contributed by atoms with Crippen molar-refractivity contribution in [1.29, 1.82) is 0 Å². The second kappa shape index (κ2) is 5.38. The summed E-state index contributed by atoms with van der Waals surface area (Å²) in [7, 11) is 0. The third-order valence-corrected chi connectivity index (χ3v) is 0.295. The summed E-state index contributed by atoms with van der Waals surface area (Å²) in [5, 5.41) is 0. The number of nitrogens with two attached hydrogens (primary N) is 1. The van der Waals surface area contributed by atoms with E-state index in [1.807, 2.05) is 0 Å². The van der Waals surface area contributed by atoms with E-state index in [0.29, 0.717) is 0 Å². The van der Waals surface area contributed by atoms with Crippen LogP contribution >= 0.6 is 0 Å². The molecule has 0 unspecified atom stereocenters. The van der Waals surface area contributed by atoms with Crippen molar-refractivity contribution < 1.29 is 31.2 Å². The molecule has 0 fully saturated rings. The Morgan fingerprint density at radius 1 is 1.56 bits per heavy atom. The number of nitrogens with one attached hydrogen (secondary N) is 1. The maximum atomic E-state index is 9.86. The number of urea groups is 1. The van der Waals surface area contributed by atoms with E-state index in [9.17, 15) is 9.59 Å². The Hall–Kier alpha value is -0.754. The van der Waals surface area contributed by atoms with E-state index in [4.69, 9.17) is 0 Å². The molecule has 0 saturated heterocycles. The minimum Gasteiger partial charge on any atom is -0.349 e. The molecule has 55 valence electrons. The Balaban J connectivity index is 0. The number of primary amides is 1. The summed E-state index contributed by atoms with van der Waals surface area (Å²) in [6, 6.07) is -0.889. The summed E-state index contributed by atoms with van der Waals surface area (Å²) in [5.41, 5.74) is 6.15. The van der Waals surface area contributed by atoms with Gasteiger partial charge >= 0.3 is 12.0 Å². The molecule has 1 radical (unpaired) electrons. The van der Waals surface area contributed by atoms with Crippen molar-refractivity contribution in [2.45, 2.75) is 6.92 Å². The molecule has 0 bridgehead atoms. The smallest absolute Gasteiger partial charge is 0.345 e. The second-order valence-electron chi connectivity index (χ2n) is 1.06. The van der Waals surface area contributed by atoms with E-state index in [0.717, 1.165) is 6.92 Å². The van der Waals surface area contributed by atoms with Crippen LogP contribution in [-0.2, 0) is 26.4 Å². The number of hydrogen-bond acceptors (Lipinski definition) is 3. The van der Waals surface area contributed by atoms with Crippen LogP contribution in [0.5, 0.6) is 0 Å². The Labute approximate surface area is 62.1 Å². The number of carbonyl (C=O) groups excluding carboxylic acids is 2. The van der Waals surface area contributed by atoms with Crippen LogP contribution in [0, 0.1) is 0 Å². The molecule has 0 saturated carbocycles. The van der Waals surface area contributed by atoms with Crippen molar-refractivity contribution in [3.05, 3.63) is 0 Å². The first-order valence-corrected chi connectivity index (χ1v) is 1.86. The van der Waals surface area contributed by atoms with Crippen LogP contribution in [0.3, 0.4) is 0 Å². The molecule has 0 atom stereocenters. The van der Waals surface area contributed by atoms with Crippen LogP contribution in [0.4, 0.5) is 4.79 Å². The summed E-state index contributed by atoms with van der Waals surface area (Å²) in [6.07, 6.45) is 0. The number of hydrogen-bond donors (Lipinski definition) is 2. The molecule has 0 aromatic heterocycles. The molecule has 3 N–H and O–H groups in total. The van der Waals surface area contributed by atoms with Gasteiger partial charge in [0.15, 0.2) is 0 Å². The van der Waals surface area contributed by atoms with Gasteiger partial charge in [-0.05, 0) is 0 Å². The van der Waals surface area contributed by atoms with Crippen molar-refractivity contribution in [3.63, 3.8) is 0 Å². The van der Waals surface area contributed by atoms with Gasteiger partial charge in [0.2, 0.25) is 0 Å². The molecule has 0 aliphatic heterocycles. The molecule has 0 aliphatic carbocycles. The largest absolute Gasteiger partial charge is 0.349 e. The van der Waals surface area contributed by atoms with Crippen LogP contribution in [0.25, 0.3) is 0 Å². The average molecular weight is 177 g/mol. The fourth-order valence-electron chi connectivity index (χ4n) is 0.122. The molecule has 0 aromatic carbocycles. The quantitative estimate of drug-likeness (QED) is 0.472. The predicted molar refractivity (Wildman–Crippen MR) is 24.5 cm³/mol. The number of carbonyl (C=O) groups is 2. The zero-order valence-corrected chi connectivity index (χ0v) is 5.68. The monoisotopic (exact) mass is 177 g/mol. The molecule has 0 rings (SSSR count). The predicted octanol–water partition coefficient (Wildman–Crippen LogP) is -0.870. The Bertz CT molecular complexity index is 102. The number of hydroxylamine groups is 1. The molecule has 2 amide bonds. The van der Waals surface area contributed by atoms with Gasteiger partial charge in [-0.1, -0.05) is 0 Å². The van der Waals surface area contributed by atoms with Crippen molar-refractivity contribution >= 4 is 12.0 Å². The van der Waals surface area contributed by atoms with E-state index < -0.39 is 12.0 Å². The molecule has 6 heteroatoms. The molecule has 5 nitrogen and oxygen atoms in total. The van der Waals surface area contributed by atoms with Gasteiger partial charge in [0, 0.05) is 23.7 Å². The number of rotatable bonds is 0. The van der Waals surface area contributed by atoms with E-state index in [2.05, 4.69) is 10.6 Å². The van der Waals surface area contributed by atoms with Crippen LogP contribution in [-0.4, -0.2) is 12.0 Å². The van der Waals surface area contributed by atoms with Crippen molar-refractivity contribution in [2.24, 2.45) is 5.73 Å². The van der Waals surface area contributed by atoms with Crippen LogP contribution < -0.4 is 11.2 Å². The van der Waals surface area contributed by atoms with E-state index >= 15 is 0 Å². The zero-order chi connectivity index (χ0) is 6.57. The molecule has 9 heavy (non-hydrogen) atoms. The fraction of sp³-hybridized carbons (Fsp3) is 0.333.